The maximum Gasteiger partial charge on any atom is 0.419 e. The molecular weight excluding hydrogens is 266 g/mol. The van der Waals surface area contributed by atoms with E-state index >= 15 is 0 Å². The highest BCUT2D eigenvalue weighted by Gasteiger charge is 2.37. The molecule has 0 spiro atoms. The van der Waals surface area contributed by atoms with Crippen LogP contribution in [0.25, 0.3) is 11.1 Å². The number of benzene rings is 1. The van der Waals surface area contributed by atoms with E-state index in [1.807, 2.05) is 18.2 Å². The highest BCUT2D eigenvalue weighted by molar-refractivity contribution is 5.87. The minimum absolute atomic E-state index is 0.00100. The summed E-state index contributed by atoms with van der Waals surface area (Å²) in [5.74, 6) is -0.314. The number of piperazine rings is 1. The van der Waals surface area contributed by atoms with Gasteiger partial charge in [0.25, 0.3) is 0 Å². The Hall–Kier alpha value is -1.75. The highest BCUT2D eigenvalue weighted by Crippen LogP contribution is 2.31. The van der Waals surface area contributed by atoms with Crippen LogP contribution in [0.2, 0.25) is 0 Å². The monoisotopic (exact) mass is 289 g/mol. The summed E-state index contributed by atoms with van der Waals surface area (Å²) >= 11 is 0. The fourth-order valence-corrected chi connectivity index (χ4v) is 3.56. The van der Waals surface area contributed by atoms with Crippen molar-refractivity contribution in [2.45, 2.75) is 38.8 Å². The average Bonchev–Trinajstić information content (AvgIpc) is 2.61. The van der Waals surface area contributed by atoms with Gasteiger partial charge >= 0.3 is 5.76 Å². The molecule has 21 heavy (non-hydrogen) atoms. The van der Waals surface area contributed by atoms with E-state index in [0.717, 1.165) is 24.3 Å². The third-order valence-electron chi connectivity index (χ3n) is 3.99. The van der Waals surface area contributed by atoms with Crippen molar-refractivity contribution in [1.82, 2.24) is 9.88 Å². The van der Waals surface area contributed by atoms with Gasteiger partial charge in [-0.15, -0.1) is 0 Å². The normalized spacial score (nSPS) is 20.9. The van der Waals surface area contributed by atoms with Crippen molar-refractivity contribution >= 4 is 16.8 Å². The molecule has 0 amide bonds. The molecule has 5 nitrogen and oxygen atoms in total. The molecule has 5 heteroatoms. The summed E-state index contributed by atoms with van der Waals surface area (Å²) in [4.78, 5) is 14.1. The van der Waals surface area contributed by atoms with Gasteiger partial charge in [-0.05, 0) is 39.8 Å². The summed E-state index contributed by atoms with van der Waals surface area (Å²) in [6.07, 6.45) is 0. The first kappa shape index (κ1) is 14.2. The van der Waals surface area contributed by atoms with E-state index in [-0.39, 0.29) is 16.8 Å². The maximum absolute atomic E-state index is 11.8. The number of nitrogens with zero attached hydrogens (tertiary/aromatic N) is 2. The smallest absolute Gasteiger partial charge is 0.405 e. The zero-order valence-corrected chi connectivity index (χ0v) is 13.4. The molecule has 0 bridgehead atoms. The number of oxazole rings is 1. The number of aryl methyl sites for hydroxylation is 1. The van der Waals surface area contributed by atoms with E-state index in [1.54, 1.807) is 11.6 Å². The second kappa shape index (κ2) is 4.37. The van der Waals surface area contributed by atoms with Gasteiger partial charge in [-0.1, -0.05) is 6.07 Å². The summed E-state index contributed by atoms with van der Waals surface area (Å²) in [5, 5.41) is 3.66. The predicted octanol–water partition coefficient (Wildman–Crippen LogP) is 2.10. The lowest BCUT2D eigenvalue weighted by Gasteiger charge is -2.49. The molecule has 0 aliphatic carbocycles. The number of anilines is 1. The number of nitrogens with one attached hydrogen (secondary N) is 1. The van der Waals surface area contributed by atoms with Gasteiger partial charge in [-0.2, -0.15) is 0 Å². The van der Waals surface area contributed by atoms with Crippen molar-refractivity contribution in [3.05, 3.63) is 28.7 Å². The topological polar surface area (TPSA) is 50.4 Å². The first-order chi connectivity index (χ1) is 9.69. The van der Waals surface area contributed by atoms with E-state index < -0.39 is 0 Å². The van der Waals surface area contributed by atoms with Gasteiger partial charge in [-0.3, -0.25) is 4.57 Å². The largest absolute Gasteiger partial charge is 0.419 e. The van der Waals surface area contributed by atoms with Crippen molar-refractivity contribution in [3.63, 3.8) is 0 Å². The minimum atomic E-state index is -0.314. The molecule has 1 aliphatic rings. The van der Waals surface area contributed by atoms with Crippen LogP contribution in [-0.4, -0.2) is 28.7 Å². The maximum atomic E-state index is 11.8. The van der Waals surface area contributed by atoms with Crippen LogP contribution in [0.3, 0.4) is 0 Å². The van der Waals surface area contributed by atoms with Crippen LogP contribution in [0.4, 0.5) is 5.69 Å². The van der Waals surface area contributed by atoms with Crippen molar-refractivity contribution in [2.75, 3.05) is 18.0 Å². The fraction of sp³-hybridized carbons (Fsp3) is 0.562. The number of hydrogen-bond donors (Lipinski definition) is 1. The van der Waals surface area contributed by atoms with Crippen LogP contribution < -0.4 is 16.0 Å². The third-order valence-corrected chi connectivity index (χ3v) is 3.99. The Morgan fingerprint density at radius 1 is 1.14 bits per heavy atom. The molecule has 0 saturated carbocycles. The predicted molar refractivity (Wildman–Crippen MR) is 85.0 cm³/mol. The molecule has 1 aliphatic heterocycles. The van der Waals surface area contributed by atoms with Gasteiger partial charge in [0, 0.05) is 31.2 Å². The molecule has 0 unspecified atom stereocenters. The molecule has 1 aromatic carbocycles. The lowest BCUT2D eigenvalue weighted by atomic mass is 9.91. The molecule has 0 radical (unpaired) electrons. The van der Waals surface area contributed by atoms with Gasteiger partial charge in [-0.25, -0.2) is 4.79 Å². The highest BCUT2D eigenvalue weighted by atomic mass is 16.4. The lowest BCUT2D eigenvalue weighted by molar-refractivity contribution is 0.226. The Bertz CT molecular complexity index is 724. The Kier molecular flexibility index (Phi) is 2.95. The van der Waals surface area contributed by atoms with Crippen LogP contribution in [-0.2, 0) is 7.05 Å². The summed E-state index contributed by atoms with van der Waals surface area (Å²) < 4.78 is 7.02. The molecule has 3 rings (SSSR count). The van der Waals surface area contributed by atoms with Crippen LogP contribution in [0.1, 0.15) is 27.7 Å². The third kappa shape index (κ3) is 2.46. The van der Waals surface area contributed by atoms with E-state index in [1.165, 1.54) is 0 Å². The SMILES string of the molecule is Cn1c(=O)oc2c(N3CC(C)(C)NC(C)(C)C3)cccc21. The van der Waals surface area contributed by atoms with Gasteiger partial charge in [0.1, 0.15) is 0 Å². The van der Waals surface area contributed by atoms with Crippen LogP contribution in [0, 0.1) is 0 Å². The summed E-state index contributed by atoms with van der Waals surface area (Å²) in [6, 6.07) is 5.93. The van der Waals surface area contributed by atoms with Crippen LogP contribution in [0.15, 0.2) is 27.4 Å². The van der Waals surface area contributed by atoms with Gasteiger partial charge < -0.3 is 14.6 Å². The molecular formula is C16H23N3O2. The molecule has 114 valence electrons. The minimum Gasteiger partial charge on any atom is -0.405 e. The zero-order valence-electron chi connectivity index (χ0n) is 13.4. The molecule has 1 saturated heterocycles. The first-order valence-electron chi connectivity index (χ1n) is 7.31. The Morgan fingerprint density at radius 2 is 1.76 bits per heavy atom. The summed E-state index contributed by atoms with van der Waals surface area (Å²) in [7, 11) is 1.74. The summed E-state index contributed by atoms with van der Waals surface area (Å²) in [6.45, 7) is 10.5. The molecule has 1 fully saturated rings. The molecule has 1 N–H and O–H groups in total. The summed E-state index contributed by atoms with van der Waals surface area (Å²) in [5.41, 5.74) is 2.51. The number of aromatic nitrogens is 1. The van der Waals surface area contributed by atoms with Crippen molar-refractivity contribution in [3.8, 4) is 0 Å². The van der Waals surface area contributed by atoms with E-state index in [4.69, 9.17) is 4.42 Å². The van der Waals surface area contributed by atoms with Crippen molar-refractivity contribution in [1.29, 1.82) is 0 Å². The fourth-order valence-electron chi connectivity index (χ4n) is 3.56. The van der Waals surface area contributed by atoms with Crippen molar-refractivity contribution in [2.24, 2.45) is 7.05 Å². The Labute approximate surface area is 124 Å². The zero-order chi connectivity index (χ0) is 15.4. The standard InChI is InChI=1S/C16H23N3O2/c1-15(2)9-19(10-16(3,4)17-15)12-8-6-7-11-13(12)21-14(20)18(11)5/h6-8,17H,9-10H2,1-5H3. The average molecular weight is 289 g/mol. The molecule has 1 aromatic heterocycles. The van der Waals surface area contributed by atoms with Gasteiger partial charge in [0.2, 0.25) is 0 Å². The van der Waals surface area contributed by atoms with E-state index in [2.05, 4.69) is 37.9 Å². The quantitative estimate of drug-likeness (QED) is 0.873. The van der Waals surface area contributed by atoms with Crippen LogP contribution >= 0.6 is 0 Å². The first-order valence-corrected chi connectivity index (χ1v) is 7.31. The van der Waals surface area contributed by atoms with Crippen molar-refractivity contribution < 1.29 is 4.42 Å². The van der Waals surface area contributed by atoms with E-state index in [9.17, 15) is 4.79 Å². The number of fused-ring (bicyclic) bond motifs is 1. The van der Waals surface area contributed by atoms with Gasteiger partial charge in [0.15, 0.2) is 5.58 Å². The van der Waals surface area contributed by atoms with E-state index in [0.29, 0.717) is 5.58 Å². The molecule has 0 atom stereocenters. The number of rotatable bonds is 1. The molecule has 2 aromatic rings. The van der Waals surface area contributed by atoms with Crippen LogP contribution in [0.5, 0.6) is 0 Å². The Morgan fingerprint density at radius 3 is 2.38 bits per heavy atom. The number of para-hydroxylation sites is 1. The molecule has 2 heterocycles. The Balaban J connectivity index is 2.12. The second-order valence-electron chi connectivity index (χ2n) is 7.30. The lowest BCUT2D eigenvalue weighted by Crippen LogP contribution is -2.67. The van der Waals surface area contributed by atoms with Gasteiger partial charge in [0.05, 0.1) is 11.2 Å². The number of hydrogen-bond acceptors (Lipinski definition) is 4. The second-order valence-corrected chi connectivity index (χ2v) is 7.30.